The average molecular weight is 367 g/mol. The Kier molecular flexibility index (Phi) is 6.10. The van der Waals surface area contributed by atoms with E-state index in [-0.39, 0.29) is 24.9 Å². The molecule has 6 nitrogen and oxygen atoms in total. The second-order valence-corrected chi connectivity index (χ2v) is 6.08. The lowest BCUT2D eigenvalue weighted by molar-refractivity contribution is -0.148. The number of anilines is 1. The molecule has 0 fully saturated rings. The number of carbonyl (C=O) groups is 2. The number of hydrogen-bond donors (Lipinski definition) is 0. The molecule has 0 aliphatic carbocycles. The van der Waals surface area contributed by atoms with Crippen LogP contribution in [0.2, 0.25) is 0 Å². The minimum Gasteiger partial charge on any atom is -0.493 e. The van der Waals surface area contributed by atoms with Crippen molar-refractivity contribution in [1.82, 2.24) is 0 Å². The van der Waals surface area contributed by atoms with Gasteiger partial charge in [-0.2, -0.15) is 0 Å². The van der Waals surface area contributed by atoms with E-state index in [2.05, 4.69) is 0 Å². The van der Waals surface area contributed by atoms with E-state index in [9.17, 15) is 9.59 Å². The molecule has 0 radical (unpaired) electrons. The fourth-order valence-corrected chi connectivity index (χ4v) is 2.64. The molecule has 2 aromatic rings. The van der Waals surface area contributed by atoms with E-state index in [0.29, 0.717) is 13.2 Å². The topological polar surface area (TPSA) is 65.1 Å². The summed E-state index contributed by atoms with van der Waals surface area (Å²) in [7, 11) is 0. The van der Waals surface area contributed by atoms with Crippen molar-refractivity contribution < 1.29 is 23.8 Å². The number of benzene rings is 2. The number of nitrogens with zero attached hydrogens (tertiary/aromatic N) is 1. The van der Waals surface area contributed by atoms with Crippen LogP contribution in [-0.2, 0) is 30.3 Å². The second-order valence-electron chi connectivity index (χ2n) is 6.08. The van der Waals surface area contributed by atoms with E-state index in [1.807, 2.05) is 61.5 Å². The van der Waals surface area contributed by atoms with Gasteiger partial charge in [0.15, 0.2) is 6.61 Å². The third kappa shape index (κ3) is 5.10. The Bertz CT molecular complexity index is 831. The maximum atomic E-state index is 12.8. The molecule has 0 saturated heterocycles. The molecule has 140 valence electrons. The molecule has 3 rings (SSSR count). The van der Waals surface area contributed by atoms with Gasteiger partial charge in [-0.25, -0.2) is 4.79 Å². The highest BCUT2D eigenvalue weighted by molar-refractivity contribution is 5.96. The first kappa shape index (κ1) is 18.5. The van der Waals surface area contributed by atoms with Crippen LogP contribution in [-0.4, -0.2) is 31.7 Å². The Hall–Kier alpha value is -3.28. The molecule has 0 N–H and O–H groups in total. The zero-order chi connectivity index (χ0) is 19.1. The summed E-state index contributed by atoms with van der Waals surface area (Å²) in [6.45, 7) is 2.61. The molecule has 1 heterocycles. The summed E-state index contributed by atoms with van der Waals surface area (Å²) in [4.78, 5) is 26.4. The maximum Gasteiger partial charge on any atom is 0.377 e. The van der Waals surface area contributed by atoms with Crippen molar-refractivity contribution in [3.63, 3.8) is 0 Å². The maximum absolute atomic E-state index is 12.8. The summed E-state index contributed by atoms with van der Waals surface area (Å²) in [6, 6.07) is 17.3. The minimum absolute atomic E-state index is 0.0285. The first-order chi connectivity index (χ1) is 13.1. The molecule has 1 aliphatic heterocycles. The molecule has 6 heteroatoms. The highest BCUT2D eigenvalue weighted by Gasteiger charge is 2.21. The number of rotatable bonds is 6. The SMILES string of the molecule is Cc1cccc(N(Cc2ccccc2)C(=O)COC(=O)C2=COCCO2)c1. The summed E-state index contributed by atoms with van der Waals surface area (Å²) in [5, 5.41) is 0. The van der Waals surface area contributed by atoms with E-state index in [0.717, 1.165) is 16.8 Å². The summed E-state index contributed by atoms with van der Waals surface area (Å²) >= 11 is 0. The van der Waals surface area contributed by atoms with Crippen LogP contribution in [0, 0.1) is 6.92 Å². The molecule has 0 saturated carbocycles. The first-order valence-electron chi connectivity index (χ1n) is 8.66. The Balaban J connectivity index is 1.72. The molecule has 0 bridgehead atoms. The largest absolute Gasteiger partial charge is 0.493 e. The van der Waals surface area contributed by atoms with E-state index >= 15 is 0 Å². The van der Waals surface area contributed by atoms with Crippen molar-refractivity contribution in [1.29, 1.82) is 0 Å². The average Bonchev–Trinajstić information content (AvgIpc) is 2.71. The van der Waals surface area contributed by atoms with E-state index in [1.54, 1.807) is 4.90 Å². The van der Waals surface area contributed by atoms with Gasteiger partial charge in [0.05, 0.1) is 6.54 Å². The summed E-state index contributed by atoms with van der Waals surface area (Å²) < 4.78 is 15.3. The Labute approximate surface area is 158 Å². The normalized spacial score (nSPS) is 13.0. The van der Waals surface area contributed by atoms with Crippen LogP contribution in [0.5, 0.6) is 0 Å². The fourth-order valence-electron chi connectivity index (χ4n) is 2.64. The van der Waals surface area contributed by atoms with Gasteiger partial charge < -0.3 is 19.1 Å². The summed E-state index contributed by atoms with van der Waals surface area (Å²) in [5.41, 5.74) is 2.76. The van der Waals surface area contributed by atoms with E-state index in [1.165, 1.54) is 6.26 Å². The number of ether oxygens (including phenoxy) is 3. The molecular formula is C21H21NO5. The van der Waals surface area contributed by atoms with Gasteiger partial charge in [-0.3, -0.25) is 4.79 Å². The van der Waals surface area contributed by atoms with Gasteiger partial charge in [-0.1, -0.05) is 42.5 Å². The molecule has 0 spiro atoms. The van der Waals surface area contributed by atoms with Gasteiger partial charge in [0.1, 0.15) is 19.5 Å². The van der Waals surface area contributed by atoms with Crippen LogP contribution in [0.3, 0.4) is 0 Å². The van der Waals surface area contributed by atoms with Crippen molar-refractivity contribution >= 4 is 17.6 Å². The molecule has 1 amide bonds. The fraction of sp³-hybridized carbons (Fsp3) is 0.238. The molecule has 0 aromatic heterocycles. The van der Waals surface area contributed by atoms with Crippen molar-refractivity contribution in [3.8, 4) is 0 Å². The first-order valence-corrected chi connectivity index (χ1v) is 8.66. The van der Waals surface area contributed by atoms with Crippen molar-refractivity contribution in [3.05, 3.63) is 77.7 Å². The predicted octanol–water partition coefficient (Wildman–Crippen LogP) is 2.96. The second kappa shape index (κ2) is 8.89. The van der Waals surface area contributed by atoms with Gasteiger partial charge in [0, 0.05) is 5.69 Å². The number of amides is 1. The van der Waals surface area contributed by atoms with Gasteiger partial charge in [-0.05, 0) is 30.2 Å². The molecule has 2 aromatic carbocycles. The summed E-state index contributed by atoms with van der Waals surface area (Å²) in [5.74, 6) is -1.07. The lowest BCUT2D eigenvalue weighted by atomic mass is 10.1. The monoisotopic (exact) mass is 367 g/mol. The van der Waals surface area contributed by atoms with E-state index in [4.69, 9.17) is 14.2 Å². The predicted molar refractivity (Wildman–Crippen MR) is 99.8 cm³/mol. The number of carbonyl (C=O) groups excluding carboxylic acids is 2. The third-order valence-electron chi connectivity index (χ3n) is 3.97. The van der Waals surface area contributed by atoms with Crippen molar-refractivity contribution in [2.24, 2.45) is 0 Å². The number of hydrogen-bond acceptors (Lipinski definition) is 5. The molecular weight excluding hydrogens is 346 g/mol. The lowest BCUT2D eigenvalue weighted by Crippen LogP contribution is -2.34. The Morgan fingerprint density at radius 2 is 1.89 bits per heavy atom. The quantitative estimate of drug-likeness (QED) is 0.735. The van der Waals surface area contributed by atoms with Crippen LogP contribution in [0.25, 0.3) is 0 Å². The highest BCUT2D eigenvalue weighted by Crippen LogP contribution is 2.19. The van der Waals surface area contributed by atoms with Crippen molar-refractivity contribution in [2.45, 2.75) is 13.5 Å². The molecule has 0 unspecified atom stereocenters. The van der Waals surface area contributed by atoms with Crippen molar-refractivity contribution in [2.75, 3.05) is 24.7 Å². The van der Waals surface area contributed by atoms with Crippen LogP contribution in [0.1, 0.15) is 11.1 Å². The standard InChI is InChI=1S/C21H21NO5/c1-16-6-5-9-18(12-16)22(13-17-7-3-2-4-8-17)20(23)15-27-21(24)19-14-25-10-11-26-19/h2-9,12,14H,10-11,13,15H2,1H3. The van der Waals surface area contributed by atoms with Crippen LogP contribution in [0.15, 0.2) is 66.6 Å². The zero-order valence-corrected chi connectivity index (χ0v) is 15.1. The lowest BCUT2D eigenvalue weighted by Gasteiger charge is -2.23. The molecule has 1 aliphatic rings. The number of esters is 1. The molecule has 27 heavy (non-hydrogen) atoms. The number of aryl methyl sites for hydroxylation is 1. The van der Waals surface area contributed by atoms with E-state index < -0.39 is 5.97 Å². The Morgan fingerprint density at radius 3 is 2.59 bits per heavy atom. The van der Waals surface area contributed by atoms with Crippen LogP contribution >= 0.6 is 0 Å². The Morgan fingerprint density at radius 1 is 1.07 bits per heavy atom. The summed E-state index contributed by atoms with van der Waals surface area (Å²) in [6.07, 6.45) is 1.21. The van der Waals surface area contributed by atoms with Crippen LogP contribution in [0.4, 0.5) is 5.69 Å². The van der Waals surface area contributed by atoms with Gasteiger partial charge in [-0.15, -0.1) is 0 Å². The minimum atomic E-state index is -0.716. The van der Waals surface area contributed by atoms with Gasteiger partial charge in [0.25, 0.3) is 5.91 Å². The smallest absolute Gasteiger partial charge is 0.377 e. The molecule has 0 atom stereocenters. The zero-order valence-electron chi connectivity index (χ0n) is 15.1. The third-order valence-corrected chi connectivity index (χ3v) is 3.97. The van der Waals surface area contributed by atoms with Gasteiger partial charge >= 0.3 is 5.97 Å². The van der Waals surface area contributed by atoms with Gasteiger partial charge in [0.2, 0.25) is 5.76 Å². The highest BCUT2D eigenvalue weighted by atomic mass is 16.6. The van der Waals surface area contributed by atoms with Crippen LogP contribution < -0.4 is 4.90 Å².